The summed E-state index contributed by atoms with van der Waals surface area (Å²) in [4.78, 5) is 12.9. The lowest BCUT2D eigenvalue weighted by Gasteiger charge is -2.19. The van der Waals surface area contributed by atoms with Gasteiger partial charge in [0.1, 0.15) is 5.75 Å². The second-order valence-corrected chi connectivity index (χ2v) is 8.52. The van der Waals surface area contributed by atoms with Crippen LogP contribution >= 0.6 is 7.14 Å². The first-order valence-corrected chi connectivity index (χ1v) is 9.91. The van der Waals surface area contributed by atoms with Gasteiger partial charge in [-0.2, -0.15) is 0 Å². The van der Waals surface area contributed by atoms with Gasteiger partial charge in [0.05, 0.1) is 18.8 Å². The van der Waals surface area contributed by atoms with Gasteiger partial charge in [-0.15, -0.1) is 0 Å². The molecule has 0 aromatic heterocycles. The maximum atomic E-state index is 13.9. The Morgan fingerprint density at radius 2 is 1.28 bits per heavy atom. The Hall–Kier alpha value is -2.64. The smallest absolute Gasteiger partial charge is 0.174 e. The number of methoxy groups -OCH3 is 1. The zero-order valence-corrected chi connectivity index (χ0v) is 14.9. The van der Waals surface area contributed by atoms with E-state index in [0.717, 1.165) is 0 Å². The lowest BCUT2D eigenvalue weighted by molar-refractivity contribution is 0.101. The van der Waals surface area contributed by atoms with Crippen molar-refractivity contribution in [2.24, 2.45) is 0 Å². The van der Waals surface area contributed by atoms with Crippen molar-refractivity contribution in [1.29, 1.82) is 0 Å². The van der Waals surface area contributed by atoms with Crippen LogP contribution in [0.3, 0.4) is 0 Å². The molecule has 0 radical (unpaired) electrons. The molecule has 0 bridgehead atoms. The Morgan fingerprint density at radius 1 is 0.800 bits per heavy atom. The van der Waals surface area contributed by atoms with Crippen LogP contribution in [-0.2, 0) is 4.57 Å². The Morgan fingerprint density at radius 3 is 1.80 bits per heavy atom. The molecule has 0 atom stereocenters. The maximum absolute atomic E-state index is 13.9. The van der Waals surface area contributed by atoms with Crippen LogP contribution in [0.5, 0.6) is 5.75 Å². The molecule has 0 aliphatic rings. The van der Waals surface area contributed by atoms with E-state index >= 15 is 0 Å². The van der Waals surface area contributed by atoms with Crippen molar-refractivity contribution in [2.45, 2.75) is 0 Å². The van der Waals surface area contributed by atoms with Gasteiger partial charge in [0, 0.05) is 10.6 Å². The van der Waals surface area contributed by atoms with Gasteiger partial charge in [-0.1, -0.05) is 72.8 Å². The molecule has 0 saturated heterocycles. The van der Waals surface area contributed by atoms with Crippen LogP contribution < -0.4 is 15.3 Å². The highest BCUT2D eigenvalue weighted by molar-refractivity contribution is 7.79. The van der Waals surface area contributed by atoms with E-state index in [1.54, 1.807) is 18.2 Å². The Bertz CT molecular complexity index is 861. The minimum Gasteiger partial charge on any atom is -0.496 e. The number of ether oxygens (including phenoxy) is 1. The molecule has 0 aliphatic carbocycles. The summed E-state index contributed by atoms with van der Waals surface area (Å²) in [6, 6.07) is 25.5. The lowest BCUT2D eigenvalue weighted by atomic mass is 10.1. The van der Waals surface area contributed by atoms with Crippen molar-refractivity contribution in [2.75, 3.05) is 13.3 Å². The van der Waals surface area contributed by atoms with E-state index in [4.69, 9.17) is 4.74 Å². The molecule has 3 aromatic carbocycles. The molecule has 0 heterocycles. The number of carbonyl (C=O) groups is 1. The molecule has 3 rings (SSSR count). The third-order valence-corrected chi connectivity index (χ3v) is 7.12. The van der Waals surface area contributed by atoms with Gasteiger partial charge < -0.3 is 9.30 Å². The van der Waals surface area contributed by atoms with Gasteiger partial charge in [-0.3, -0.25) is 4.79 Å². The van der Waals surface area contributed by atoms with Crippen LogP contribution in [0.4, 0.5) is 0 Å². The fraction of sp³-hybridized carbons (Fsp3) is 0.0952. The molecule has 0 aliphatic heterocycles. The number of rotatable bonds is 6. The van der Waals surface area contributed by atoms with Gasteiger partial charge in [0.25, 0.3) is 0 Å². The van der Waals surface area contributed by atoms with Crippen LogP contribution in [-0.4, -0.2) is 19.1 Å². The van der Waals surface area contributed by atoms with E-state index in [0.29, 0.717) is 21.9 Å². The molecular formula is C21H19O3P. The molecular weight excluding hydrogens is 331 g/mol. The van der Waals surface area contributed by atoms with Gasteiger partial charge in [-0.05, 0) is 12.1 Å². The van der Waals surface area contributed by atoms with Gasteiger partial charge in [-0.25, -0.2) is 0 Å². The topological polar surface area (TPSA) is 43.4 Å². The number of hydrogen-bond donors (Lipinski definition) is 0. The van der Waals surface area contributed by atoms with Crippen molar-refractivity contribution < 1.29 is 14.1 Å². The SMILES string of the molecule is COc1ccccc1C(=O)CP(=O)(c1ccccc1)c1ccccc1. The van der Waals surface area contributed by atoms with Crippen LogP contribution in [0.25, 0.3) is 0 Å². The van der Waals surface area contributed by atoms with Crippen LogP contribution in [0, 0.1) is 0 Å². The first kappa shape index (κ1) is 17.2. The van der Waals surface area contributed by atoms with E-state index in [1.165, 1.54) is 7.11 Å². The molecule has 126 valence electrons. The quantitative estimate of drug-likeness (QED) is 0.500. The van der Waals surface area contributed by atoms with E-state index < -0.39 is 7.14 Å². The van der Waals surface area contributed by atoms with Crippen LogP contribution in [0.1, 0.15) is 10.4 Å². The molecule has 4 heteroatoms. The lowest BCUT2D eigenvalue weighted by Crippen LogP contribution is -2.22. The summed E-state index contributed by atoms with van der Waals surface area (Å²) in [5.41, 5.74) is 0.456. The van der Waals surface area contributed by atoms with Crippen molar-refractivity contribution in [1.82, 2.24) is 0 Å². The monoisotopic (exact) mass is 350 g/mol. The summed E-state index contributed by atoms with van der Waals surface area (Å²) in [7, 11) is -1.55. The third-order valence-electron chi connectivity index (χ3n) is 4.12. The molecule has 0 fully saturated rings. The molecule has 0 spiro atoms. The molecule has 0 saturated carbocycles. The second-order valence-electron chi connectivity index (χ2n) is 5.69. The number of ketones is 1. The van der Waals surface area contributed by atoms with Crippen LogP contribution in [0.15, 0.2) is 84.9 Å². The number of Topliss-reactive ketones (excluding diaryl/α,β-unsaturated/α-hetero) is 1. The average molecular weight is 350 g/mol. The fourth-order valence-corrected chi connectivity index (χ4v) is 5.38. The second kappa shape index (κ2) is 7.50. The van der Waals surface area contributed by atoms with Crippen molar-refractivity contribution in [3.05, 3.63) is 90.5 Å². The summed E-state index contributed by atoms with van der Waals surface area (Å²) in [5.74, 6) is 0.314. The predicted octanol–water partition coefficient (Wildman–Crippen LogP) is 3.89. The number of hydrogen-bond acceptors (Lipinski definition) is 3. The highest BCUT2D eigenvalue weighted by Crippen LogP contribution is 2.44. The fourth-order valence-electron chi connectivity index (χ4n) is 2.83. The largest absolute Gasteiger partial charge is 0.496 e. The van der Waals surface area contributed by atoms with Gasteiger partial charge in [0.2, 0.25) is 0 Å². The average Bonchev–Trinajstić information content (AvgIpc) is 2.69. The summed E-state index contributed by atoms with van der Waals surface area (Å²) in [6.07, 6.45) is -0.0681. The summed E-state index contributed by atoms with van der Waals surface area (Å²) in [5, 5.41) is 1.37. The van der Waals surface area contributed by atoms with Gasteiger partial charge >= 0.3 is 0 Å². The van der Waals surface area contributed by atoms with E-state index in [9.17, 15) is 9.36 Å². The molecule has 0 amide bonds. The zero-order valence-electron chi connectivity index (χ0n) is 14.0. The van der Waals surface area contributed by atoms with E-state index in [2.05, 4.69) is 0 Å². The summed E-state index contributed by atoms with van der Waals surface area (Å²) in [6.45, 7) is 0. The molecule has 25 heavy (non-hydrogen) atoms. The number of benzene rings is 3. The maximum Gasteiger partial charge on any atom is 0.174 e. The Balaban J connectivity index is 2.05. The van der Waals surface area contributed by atoms with Gasteiger partial charge in [0.15, 0.2) is 12.9 Å². The van der Waals surface area contributed by atoms with E-state index in [-0.39, 0.29) is 11.9 Å². The molecule has 3 aromatic rings. The highest BCUT2D eigenvalue weighted by atomic mass is 31.2. The van der Waals surface area contributed by atoms with Crippen molar-refractivity contribution in [3.63, 3.8) is 0 Å². The zero-order chi connectivity index (χ0) is 17.7. The number of para-hydroxylation sites is 1. The molecule has 3 nitrogen and oxygen atoms in total. The summed E-state index contributed by atoms with van der Waals surface area (Å²) < 4.78 is 19.2. The van der Waals surface area contributed by atoms with Crippen LogP contribution in [0.2, 0.25) is 0 Å². The van der Waals surface area contributed by atoms with E-state index in [1.807, 2.05) is 66.7 Å². The summed E-state index contributed by atoms with van der Waals surface area (Å²) >= 11 is 0. The normalized spacial score (nSPS) is 11.1. The standard InChI is InChI=1S/C21H19O3P/c1-24-21-15-9-8-14-19(21)20(22)16-25(23,17-10-4-2-5-11-17)18-12-6-3-7-13-18/h2-15H,16H2,1H3. The minimum atomic E-state index is -3.08. The number of carbonyl (C=O) groups excluding carboxylic acids is 1. The predicted molar refractivity (Wildman–Crippen MR) is 102 cm³/mol. The van der Waals surface area contributed by atoms with Crippen molar-refractivity contribution in [3.8, 4) is 5.75 Å². The Labute approximate surface area is 147 Å². The Kier molecular flexibility index (Phi) is 5.16. The minimum absolute atomic E-state index is 0.0681. The highest BCUT2D eigenvalue weighted by Gasteiger charge is 2.31. The molecule has 0 unspecified atom stereocenters. The third kappa shape index (κ3) is 3.57. The molecule has 0 N–H and O–H groups in total. The first-order chi connectivity index (χ1) is 12.1. The first-order valence-electron chi connectivity index (χ1n) is 8.01. The van der Waals surface area contributed by atoms with Crippen molar-refractivity contribution >= 4 is 23.5 Å².